The summed E-state index contributed by atoms with van der Waals surface area (Å²) in [6.07, 6.45) is 3.52. The Bertz CT molecular complexity index is 558. The number of primary amides is 1. The molecule has 3 N–H and O–H groups in total. The smallest absolute Gasteiger partial charge is 0.237 e. The maximum absolute atomic E-state index is 12.0. The minimum Gasteiger partial charge on any atom is -0.387 e. The molecule has 5 heteroatoms. The van der Waals surface area contributed by atoms with E-state index in [1.54, 1.807) is 0 Å². The molecule has 0 bridgehead atoms. The molecule has 2 fully saturated rings. The van der Waals surface area contributed by atoms with Crippen molar-refractivity contribution in [1.29, 1.82) is 0 Å². The number of benzene rings is 1. The number of β-amino-alcohol motifs (C(OH)–C–C–N with tert-alkyl or cyclic N) is 1. The molecule has 5 nitrogen and oxygen atoms in total. The molecule has 1 aromatic rings. The summed E-state index contributed by atoms with van der Waals surface area (Å²) in [7, 11) is 0. The van der Waals surface area contributed by atoms with Gasteiger partial charge in [0.15, 0.2) is 0 Å². The number of aliphatic hydroxyl groups is 1. The maximum Gasteiger partial charge on any atom is 0.237 e. The second kappa shape index (κ2) is 7.21. The van der Waals surface area contributed by atoms with E-state index in [4.69, 9.17) is 5.73 Å². The number of hydrogen-bond donors (Lipinski definition) is 2. The highest BCUT2D eigenvalue weighted by molar-refractivity contribution is 5.85. The Morgan fingerprint density at radius 1 is 1.17 bits per heavy atom. The zero-order valence-corrected chi connectivity index (χ0v) is 14.6. The van der Waals surface area contributed by atoms with E-state index in [0.29, 0.717) is 6.54 Å². The quantitative estimate of drug-likeness (QED) is 0.857. The zero-order chi connectivity index (χ0) is 17.2. The van der Waals surface area contributed by atoms with E-state index < -0.39 is 11.6 Å². The molecule has 1 amide bonds. The number of piperazine rings is 1. The summed E-state index contributed by atoms with van der Waals surface area (Å²) in [4.78, 5) is 16.6. The molecule has 24 heavy (non-hydrogen) atoms. The molecule has 132 valence electrons. The van der Waals surface area contributed by atoms with Crippen LogP contribution in [0, 0.1) is 6.92 Å². The van der Waals surface area contributed by atoms with Crippen molar-refractivity contribution < 1.29 is 9.90 Å². The number of carbonyl (C=O) groups is 1. The standard InChI is InChI=1S/C19H29N3O2/c1-15-4-6-16(7-5-15)17(23)14-21-10-12-22(13-11-21)19(18(20)24)8-2-3-9-19/h4-7,17,23H,2-3,8-14H2,1H3,(H2,20,24). The third-order valence-corrected chi connectivity index (χ3v) is 5.76. The molecule has 0 radical (unpaired) electrons. The van der Waals surface area contributed by atoms with Gasteiger partial charge in [-0.15, -0.1) is 0 Å². The van der Waals surface area contributed by atoms with E-state index in [9.17, 15) is 9.90 Å². The van der Waals surface area contributed by atoms with Gasteiger partial charge in [0.2, 0.25) is 5.91 Å². The van der Waals surface area contributed by atoms with Crippen molar-refractivity contribution in [3.63, 3.8) is 0 Å². The van der Waals surface area contributed by atoms with Gasteiger partial charge in [-0.3, -0.25) is 14.6 Å². The van der Waals surface area contributed by atoms with Crippen LogP contribution in [0.15, 0.2) is 24.3 Å². The summed E-state index contributed by atoms with van der Waals surface area (Å²) in [6, 6.07) is 8.06. The molecule has 2 aliphatic rings. The van der Waals surface area contributed by atoms with E-state index in [-0.39, 0.29) is 5.91 Å². The predicted octanol–water partition coefficient (Wildman–Crippen LogP) is 1.44. The van der Waals surface area contributed by atoms with Gasteiger partial charge in [-0.1, -0.05) is 42.7 Å². The molecule has 1 atom stereocenters. The first-order chi connectivity index (χ1) is 11.5. The Morgan fingerprint density at radius 3 is 2.29 bits per heavy atom. The van der Waals surface area contributed by atoms with Crippen molar-refractivity contribution in [3.8, 4) is 0 Å². The van der Waals surface area contributed by atoms with Crippen LogP contribution in [0.4, 0.5) is 0 Å². The molecule has 1 aliphatic carbocycles. The number of aliphatic hydroxyl groups excluding tert-OH is 1. The molecule has 0 aromatic heterocycles. The van der Waals surface area contributed by atoms with Crippen LogP contribution in [0.1, 0.15) is 42.9 Å². The highest BCUT2D eigenvalue weighted by atomic mass is 16.3. The second-order valence-electron chi connectivity index (χ2n) is 7.32. The van der Waals surface area contributed by atoms with Crippen LogP contribution in [0.5, 0.6) is 0 Å². The van der Waals surface area contributed by atoms with Gasteiger partial charge in [-0.05, 0) is 25.3 Å². The van der Waals surface area contributed by atoms with Crippen LogP contribution in [0.25, 0.3) is 0 Å². The molecule has 1 saturated heterocycles. The van der Waals surface area contributed by atoms with E-state index in [1.807, 2.05) is 31.2 Å². The van der Waals surface area contributed by atoms with Crippen LogP contribution in [-0.4, -0.2) is 59.1 Å². The summed E-state index contributed by atoms with van der Waals surface area (Å²) in [6.45, 7) is 6.14. The van der Waals surface area contributed by atoms with Gasteiger partial charge in [0.25, 0.3) is 0 Å². The lowest BCUT2D eigenvalue weighted by Gasteiger charge is -2.44. The van der Waals surface area contributed by atoms with E-state index in [2.05, 4.69) is 9.80 Å². The SMILES string of the molecule is Cc1ccc(C(O)CN2CCN(C3(C(N)=O)CCCC3)CC2)cc1. The Morgan fingerprint density at radius 2 is 1.75 bits per heavy atom. The summed E-state index contributed by atoms with van der Waals surface area (Å²) < 4.78 is 0. The Balaban J connectivity index is 1.55. The molecule has 0 spiro atoms. The van der Waals surface area contributed by atoms with Gasteiger partial charge in [0, 0.05) is 32.7 Å². The van der Waals surface area contributed by atoms with Crippen molar-refractivity contribution in [2.24, 2.45) is 5.73 Å². The van der Waals surface area contributed by atoms with Crippen LogP contribution in [-0.2, 0) is 4.79 Å². The van der Waals surface area contributed by atoms with Crippen LogP contribution in [0.2, 0.25) is 0 Å². The van der Waals surface area contributed by atoms with Crippen molar-refractivity contribution in [2.75, 3.05) is 32.7 Å². The molecule has 1 heterocycles. The summed E-state index contributed by atoms with van der Waals surface area (Å²) >= 11 is 0. The molecular weight excluding hydrogens is 302 g/mol. The highest BCUT2D eigenvalue weighted by Gasteiger charge is 2.45. The molecule has 1 unspecified atom stereocenters. The van der Waals surface area contributed by atoms with Crippen molar-refractivity contribution in [1.82, 2.24) is 9.80 Å². The van der Waals surface area contributed by atoms with Crippen LogP contribution >= 0.6 is 0 Å². The first-order valence-electron chi connectivity index (χ1n) is 9.03. The maximum atomic E-state index is 12.0. The third kappa shape index (κ3) is 3.48. The average molecular weight is 331 g/mol. The largest absolute Gasteiger partial charge is 0.387 e. The Hall–Kier alpha value is -1.43. The van der Waals surface area contributed by atoms with E-state index in [1.165, 1.54) is 5.56 Å². The van der Waals surface area contributed by atoms with Crippen molar-refractivity contribution in [3.05, 3.63) is 35.4 Å². The summed E-state index contributed by atoms with van der Waals surface area (Å²) in [5.41, 5.74) is 7.48. The third-order valence-electron chi connectivity index (χ3n) is 5.76. The minimum atomic E-state index is -0.464. The molecule has 1 saturated carbocycles. The van der Waals surface area contributed by atoms with Gasteiger partial charge < -0.3 is 10.8 Å². The predicted molar refractivity (Wildman–Crippen MR) is 94.5 cm³/mol. The number of hydrogen-bond acceptors (Lipinski definition) is 4. The van der Waals surface area contributed by atoms with Gasteiger partial charge >= 0.3 is 0 Å². The van der Waals surface area contributed by atoms with E-state index >= 15 is 0 Å². The normalized spacial score (nSPS) is 23.2. The fourth-order valence-electron chi connectivity index (χ4n) is 4.18. The number of amides is 1. The van der Waals surface area contributed by atoms with Crippen LogP contribution in [0.3, 0.4) is 0 Å². The second-order valence-corrected chi connectivity index (χ2v) is 7.32. The van der Waals surface area contributed by atoms with Gasteiger partial charge in [0.1, 0.15) is 5.54 Å². The lowest BCUT2D eigenvalue weighted by Crippen LogP contribution is -2.61. The highest BCUT2D eigenvalue weighted by Crippen LogP contribution is 2.35. The van der Waals surface area contributed by atoms with Crippen molar-refractivity contribution in [2.45, 2.75) is 44.2 Å². The molecule has 1 aromatic carbocycles. The number of aryl methyl sites for hydroxylation is 1. The Kier molecular flexibility index (Phi) is 5.23. The fraction of sp³-hybridized carbons (Fsp3) is 0.632. The fourth-order valence-corrected chi connectivity index (χ4v) is 4.18. The van der Waals surface area contributed by atoms with E-state index in [0.717, 1.165) is 57.4 Å². The number of carbonyl (C=O) groups excluding carboxylic acids is 1. The van der Waals surface area contributed by atoms with Crippen molar-refractivity contribution >= 4 is 5.91 Å². The summed E-state index contributed by atoms with van der Waals surface area (Å²) in [5.74, 6) is -0.159. The first kappa shape index (κ1) is 17.4. The first-order valence-corrected chi connectivity index (χ1v) is 9.03. The monoisotopic (exact) mass is 331 g/mol. The van der Waals surface area contributed by atoms with Gasteiger partial charge in [-0.25, -0.2) is 0 Å². The van der Waals surface area contributed by atoms with Gasteiger partial charge in [0.05, 0.1) is 6.10 Å². The number of rotatable bonds is 5. The number of nitrogens with zero attached hydrogens (tertiary/aromatic N) is 2. The minimum absolute atomic E-state index is 0.159. The Labute approximate surface area is 144 Å². The zero-order valence-electron chi connectivity index (χ0n) is 14.6. The molecule has 1 aliphatic heterocycles. The lowest BCUT2D eigenvalue weighted by molar-refractivity contribution is -0.131. The topological polar surface area (TPSA) is 69.8 Å². The summed E-state index contributed by atoms with van der Waals surface area (Å²) in [5, 5.41) is 10.5. The number of nitrogens with two attached hydrogens (primary N) is 1. The molecular formula is C19H29N3O2. The van der Waals surface area contributed by atoms with Crippen LogP contribution < -0.4 is 5.73 Å². The molecule has 3 rings (SSSR count). The average Bonchev–Trinajstić information content (AvgIpc) is 3.07. The van der Waals surface area contributed by atoms with Gasteiger partial charge in [-0.2, -0.15) is 0 Å². The lowest BCUT2D eigenvalue weighted by atomic mass is 9.93.